The Labute approximate surface area is 164 Å². The zero-order valence-corrected chi connectivity index (χ0v) is 16.4. The molecule has 1 amide bonds. The molecule has 1 aliphatic rings. The molecule has 1 aliphatic carbocycles. The minimum atomic E-state index is -4.55. The van der Waals surface area contributed by atoms with Gasteiger partial charge in [0, 0.05) is 5.39 Å². The number of hydrogen-bond acceptors (Lipinski definition) is 5. The molecule has 1 saturated carbocycles. The standard InChI is InChI=1S/C19H21F3N2O3S/c1-11-12-7-8-13(19(20,21)22)23-16(12)28-14(11)15(25)24-18(17(26)27-2)9-5-3-4-6-10-18/h7-8H,3-6,9-10H2,1-2H3,(H,24,25). The summed E-state index contributed by atoms with van der Waals surface area (Å²) in [7, 11) is 1.29. The SMILES string of the molecule is COC(=O)C1(NC(=O)c2sc3nc(C(F)(F)F)ccc3c2C)CCCCCC1. The summed E-state index contributed by atoms with van der Waals surface area (Å²) in [5, 5.41) is 3.33. The maximum Gasteiger partial charge on any atom is 0.433 e. The van der Waals surface area contributed by atoms with E-state index in [-0.39, 0.29) is 9.71 Å². The number of carbonyl (C=O) groups excluding carboxylic acids is 2. The predicted molar refractivity (Wildman–Crippen MR) is 99.3 cm³/mol. The average Bonchev–Trinajstić information content (AvgIpc) is 2.82. The van der Waals surface area contributed by atoms with Gasteiger partial charge < -0.3 is 10.1 Å². The normalized spacial score (nSPS) is 17.2. The minimum absolute atomic E-state index is 0.144. The van der Waals surface area contributed by atoms with Crippen molar-refractivity contribution in [3.63, 3.8) is 0 Å². The van der Waals surface area contributed by atoms with E-state index in [0.29, 0.717) is 23.8 Å². The number of ether oxygens (including phenoxy) is 1. The van der Waals surface area contributed by atoms with Crippen molar-refractivity contribution in [3.05, 3.63) is 28.3 Å². The third-order valence-electron chi connectivity index (χ3n) is 5.19. The highest BCUT2D eigenvalue weighted by molar-refractivity contribution is 7.20. The van der Waals surface area contributed by atoms with Crippen molar-refractivity contribution in [2.45, 2.75) is 57.2 Å². The van der Waals surface area contributed by atoms with Crippen molar-refractivity contribution in [2.75, 3.05) is 7.11 Å². The van der Waals surface area contributed by atoms with Gasteiger partial charge in [0.2, 0.25) is 0 Å². The Balaban J connectivity index is 1.95. The molecule has 2 aromatic heterocycles. The van der Waals surface area contributed by atoms with Crippen molar-refractivity contribution in [1.29, 1.82) is 0 Å². The first kappa shape index (κ1) is 20.6. The van der Waals surface area contributed by atoms with Crippen LogP contribution in [0.5, 0.6) is 0 Å². The van der Waals surface area contributed by atoms with Crippen LogP contribution < -0.4 is 5.32 Å². The highest BCUT2D eigenvalue weighted by atomic mass is 32.1. The Morgan fingerprint density at radius 3 is 2.39 bits per heavy atom. The summed E-state index contributed by atoms with van der Waals surface area (Å²) >= 11 is 0.899. The third kappa shape index (κ3) is 3.85. The maximum atomic E-state index is 13.0. The lowest BCUT2D eigenvalue weighted by molar-refractivity contribution is -0.149. The highest BCUT2D eigenvalue weighted by Gasteiger charge is 2.42. The van der Waals surface area contributed by atoms with Gasteiger partial charge in [0.15, 0.2) is 0 Å². The Morgan fingerprint density at radius 1 is 1.18 bits per heavy atom. The van der Waals surface area contributed by atoms with Gasteiger partial charge in [-0.25, -0.2) is 9.78 Å². The molecule has 3 rings (SSSR count). The number of amides is 1. The summed E-state index contributed by atoms with van der Waals surface area (Å²) < 4.78 is 43.7. The lowest BCUT2D eigenvalue weighted by atomic mass is 9.90. The molecule has 0 aliphatic heterocycles. The number of hydrogen-bond donors (Lipinski definition) is 1. The van der Waals surface area contributed by atoms with E-state index < -0.39 is 29.3 Å². The number of esters is 1. The summed E-state index contributed by atoms with van der Waals surface area (Å²) in [6.45, 7) is 1.67. The van der Waals surface area contributed by atoms with E-state index in [1.807, 2.05) is 0 Å². The molecule has 0 saturated heterocycles. The number of thiophene rings is 1. The first-order valence-corrected chi connectivity index (χ1v) is 9.88. The summed E-state index contributed by atoms with van der Waals surface area (Å²) in [5.41, 5.74) is -1.55. The van der Waals surface area contributed by atoms with Crippen LogP contribution >= 0.6 is 11.3 Å². The fourth-order valence-electron chi connectivity index (χ4n) is 3.66. The molecule has 0 unspecified atom stereocenters. The molecule has 2 heterocycles. The molecule has 0 aromatic carbocycles. The fourth-order valence-corrected chi connectivity index (χ4v) is 4.73. The number of nitrogens with zero attached hydrogens (tertiary/aromatic N) is 1. The van der Waals surface area contributed by atoms with Crippen LogP contribution in [0.3, 0.4) is 0 Å². The van der Waals surface area contributed by atoms with Gasteiger partial charge in [-0.2, -0.15) is 13.2 Å². The van der Waals surface area contributed by atoms with Crippen molar-refractivity contribution in [3.8, 4) is 0 Å². The van der Waals surface area contributed by atoms with E-state index in [2.05, 4.69) is 10.3 Å². The van der Waals surface area contributed by atoms with E-state index in [9.17, 15) is 22.8 Å². The molecular formula is C19H21F3N2O3S. The van der Waals surface area contributed by atoms with Gasteiger partial charge in [0.05, 0.1) is 12.0 Å². The first-order chi connectivity index (χ1) is 13.2. The third-order valence-corrected chi connectivity index (χ3v) is 6.39. The number of aryl methyl sites for hydroxylation is 1. The second kappa shape index (κ2) is 7.69. The quantitative estimate of drug-likeness (QED) is 0.588. The Hall–Kier alpha value is -2.16. The van der Waals surface area contributed by atoms with Gasteiger partial charge in [0.25, 0.3) is 5.91 Å². The van der Waals surface area contributed by atoms with Crippen LogP contribution in [-0.4, -0.2) is 29.5 Å². The molecule has 0 radical (unpaired) electrons. The van der Waals surface area contributed by atoms with Gasteiger partial charge in [-0.15, -0.1) is 11.3 Å². The number of methoxy groups -OCH3 is 1. The number of nitrogens with one attached hydrogen (secondary N) is 1. The Bertz CT molecular complexity index is 900. The van der Waals surface area contributed by atoms with E-state index in [1.165, 1.54) is 13.2 Å². The molecule has 1 fully saturated rings. The Morgan fingerprint density at radius 2 is 1.82 bits per heavy atom. The minimum Gasteiger partial charge on any atom is -0.467 e. The van der Waals surface area contributed by atoms with Crippen LogP contribution in [0.15, 0.2) is 12.1 Å². The van der Waals surface area contributed by atoms with Crippen LogP contribution in [-0.2, 0) is 15.7 Å². The van der Waals surface area contributed by atoms with Crippen LogP contribution in [0.1, 0.15) is 59.5 Å². The number of aromatic nitrogens is 1. The number of halogens is 3. The van der Waals surface area contributed by atoms with Crippen LogP contribution in [0.4, 0.5) is 13.2 Å². The number of carbonyl (C=O) groups is 2. The van der Waals surface area contributed by atoms with Crippen LogP contribution in [0, 0.1) is 6.92 Å². The molecule has 152 valence electrons. The molecule has 0 spiro atoms. The largest absolute Gasteiger partial charge is 0.467 e. The van der Waals surface area contributed by atoms with Crippen molar-refractivity contribution < 1.29 is 27.5 Å². The van der Waals surface area contributed by atoms with Crippen LogP contribution in [0.2, 0.25) is 0 Å². The van der Waals surface area contributed by atoms with Crippen molar-refractivity contribution in [2.24, 2.45) is 0 Å². The average molecular weight is 414 g/mol. The summed E-state index contributed by atoms with van der Waals surface area (Å²) in [6.07, 6.45) is -0.0721. The zero-order valence-electron chi connectivity index (χ0n) is 15.6. The molecular weight excluding hydrogens is 393 g/mol. The van der Waals surface area contributed by atoms with E-state index in [1.54, 1.807) is 6.92 Å². The second-order valence-electron chi connectivity index (χ2n) is 7.05. The molecule has 28 heavy (non-hydrogen) atoms. The lowest BCUT2D eigenvalue weighted by Crippen LogP contribution is -2.54. The number of fused-ring (bicyclic) bond motifs is 1. The number of pyridine rings is 1. The van der Waals surface area contributed by atoms with E-state index >= 15 is 0 Å². The van der Waals surface area contributed by atoms with Gasteiger partial charge >= 0.3 is 12.1 Å². The van der Waals surface area contributed by atoms with Crippen molar-refractivity contribution in [1.82, 2.24) is 10.3 Å². The molecule has 2 aromatic rings. The van der Waals surface area contributed by atoms with Gasteiger partial charge in [-0.1, -0.05) is 25.7 Å². The van der Waals surface area contributed by atoms with E-state index in [4.69, 9.17) is 4.74 Å². The van der Waals surface area contributed by atoms with Crippen LogP contribution in [0.25, 0.3) is 10.2 Å². The molecule has 1 N–H and O–H groups in total. The molecule has 9 heteroatoms. The van der Waals surface area contributed by atoms with Crippen molar-refractivity contribution >= 4 is 33.4 Å². The second-order valence-corrected chi connectivity index (χ2v) is 8.04. The summed E-state index contributed by atoms with van der Waals surface area (Å²) in [4.78, 5) is 29.5. The number of rotatable bonds is 3. The monoisotopic (exact) mass is 414 g/mol. The highest BCUT2D eigenvalue weighted by Crippen LogP contribution is 2.35. The van der Waals surface area contributed by atoms with Gasteiger partial charge in [0.1, 0.15) is 16.1 Å². The first-order valence-electron chi connectivity index (χ1n) is 9.06. The maximum absolute atomic E-state index is 13.0. The molecule has 0 bridgehead atoms. The summed E-state index contributed by atoms with van der Waals surface area (Å²) in [6, 6.07) is 2.24. The zero-order chi connectivity index (χ0) is 20.5. The van der Waals surface area contributed by atoms with E-state index in [0.717, 1.165) is 43.1 Å². The fraction of sp³-hybridized carbons (Fsp3) is 0.526. The topological polar surface area (TPSA) is 68.3 Å². The predicted octanol–water partition coefficient (Wildman–Crippen LogP) is 4.62. The van der Waals surface area contributed by atoms with Gasteiger partial charge in [-0.05, 0) is 37.5 Å². The molecule has 5 nitrogen and oxygen atoms in total. The van der Waals surface area contributed by atoms with Gasteiger partial charge in [-0.3, -0.25) is 4.79 Å². The number of alkyl halides is 3. The lowest BCUT2D eigenvalue weighted by Gasteiger charge is -2.30. The summed E-state index contributed by atoms with van der Waals surface area (Å²) in [5.74, 6) is -0.972. The molecule has 0 atom stereocenters. The Kier molecular flexibility index (Phi) is 5.65. The smallest absolute Gasteiger partial charge is 0.433 e.